The summed E-state index contributed by atoms with van der Waals surface area (Å²) >= 11 is 0. The van der Waals surface area contributed by atoms with E-state index in [0.717, 1.165) is 45.1 Å². The maximum atomic E-state index is 13.0. The summed E-state index contributed by atoms with van der Waals surface area (Å²) in [5, 5.41) is 9.09. The molecule has 0 aromatic heterocycles. The zero-order valence-electron chi connectivity index (χ0n) is 20.5. The Labute approximate surface area is 201 Å². The Kier molecular flexibility index (Phi) is 9.86. The Hall–Kier alpha value is -2.49. The number of amides is 2. The molecule has 1 aromatic rings. The van der Waals surface area contributed by atoms with Gasteiger partial charge in [0.25, 0.3) is 5.91 Å². The van der Waals surface area contributed by atoms with Crippen molar-refractivity contribution in [2.75, 3.05) is 57.9 Å². The van der Waals surface area contributed by atoms with Gasteiger partial charge in [0.2, 0.25) is 5.91 Å². The van der Waals surface area contributed by atoms with Crippen LogP contribution in [0.3, 0.4) is 0 Å². The minimum Gasteiger partial charge on any atom is -0.384 e. The molecular formula is C25H38N4O5. The van der Waals surface area contributed by atoms with Crippen LogP contribution in [0.1, 0.15) is 37.6 Å². The first kappa shape index (κ1) is 26.1. The Morgan fingerprint density at radius 1 is 1.18 bits per heavy atom. The second-order valence-corrected chi connectivity index (χ2v) is 9.56. The fourth-order valence-electron chi connectivity index (χ4n) is 4.22. The Morgan fingerprint density at radius 2 is 1.94 bits per heavy atom. The lowest BCUT2D eigenvalue weighted by atomic mass is 9.95. The molecule has 2 saturated heterocycles. The molecule has 2 aliphatic heterocycles. The van der Waals surface area contributed by atoms with Crippen LogP contribution in [0.4, 0.5) is 5.69 Å². The molecule has 2 amide bonds. The summed E-state index contributed by atoms with van der Waals surface area (Å²) in [6.45, 7) is 11.3. The molecule has 9 nitrogen and oxygen atoms in total. The van der Waals surface area contributed by atoms with E-state index < -0.39 is 12.1 Å². The molecule has 2 aliphatic rings. The molecule has 3 rings (SSSR count). The first-order valence-corrected chi connectivity index (χ1v) is 12.2. The van der Waals surface area contributed by atoms with Gasteiger partial charge < -0.3 is 25.4 Å². The molecular weight excluding hydrogens is 436 g/mol. The van der Waals surface area contributed by atoms with Crippen molar-refractivity contribution in [3.05, 3.63) is 29.8 Å². The molecule has 2 fully saturated rings. The van der Waals surface area contributed by atoms with Gasteiger partial charge in [0.05, 0.1) is 25.9 Å². The highest BCUT2D eigenvalue weighted by Crippen LogP contribution is 2.15. The van der Waals surface area contributed by atoms with Gasteiger partial charge in [-0.1, -0.05) is 26.8 Å². The molecule has 3 N–H and O–H groups in total. The number of nitrogens with one attached hydrogen (secondary N) is 3. The number of benzene rings is 1. The number of carbonyl (C=O) groups excluding carboxylic acids is 3. The van der Waals surface area contributed by atoms with Crippen LogP contribution in [0, 0.1) is 11.8 Å². The second kappa shape index (κ2) is 12.8. The first-order chi connectivity index (χ1) is 16.3. The number of morpholine rings is 1. The van der Waals surface area contributed by atoms with Crippen molar-refractivity contribution < 1.29 is 23.9 Å². The van der Waals surface area contributed by atoms with Gasteiger partial charge in [-0.15, -0.1) is 0 Å². The Morgan fingerprint density at radius 3 is 2.65 bits per heavy atom. The summed E-state index contributed by atoms with van der Waals surface area (Å²) in [4.78, 5) is 40.6. The predicted molar refractivity (Wildman–Crippen MR) is 130 cm³/mol. The molecule has 0 saturated carbocycles. The molecule has 3 atom stereocenters. The lowest BCUT2D eigenvalue weighted by Gasteiger charge is -2.30. The third kappa shape index (κ3) is 7.78. The van der Waals surface area contributed by atoms with E-state index in [9.17, 15) is 14.4 Å². The predicted octanol–water partition coefficient (Wildman–Crippen LogP) is 1.30. The summed E-state index contributed by atoms with van der Waals surface area (Å²) in [7, 11) is 0. The second-order valence-electron chi connectivity index (χ2n) is 9.56. The molecule has 0 bridgehead atoms. The van der Waals surface area contributed by atoms with Gasteiger partial charge in [-0.3, -0.25) is 19.3 Å². The molecule has 0 aliphatic carbocycles. The summed E-state index contributed by atoms with van der Waals surface area (Å²) in [6, 6.07) is 5.96. The molecule has 1 aromatic carbocycles. The fourth-order valence-corrected chi connectivity index (χ4v) is 4.22. The number of anilines is 1. The number of Topliss-reactive ketones (excluding diaryl/α,β-unsaturated/α-hetero) is 1. The minimum absolute atomic E-state index is 0.00181. The van der Waals surface area contributed by atoms with E-state index in [-0.39, 0.29) is 36.0 Å². The zero-order chi connectivity index (χ0) is 24.5. The van der Waals surface area contributed by atoms with Gasteiger partial charge in [-0.2, -0.15) is 0 Å². The minimum atomic E-state index is -0.728. The van der Waals surface area contributed by atoms with Gasteiger partial charge in [0.15, 0.2) is 5.78 Å². The average Bonchev–Trinajstić information content (AvgIpc) is 2.81. The van der Waals surface area contributed by atoms with Crippen molar-refractivity contribution in [2.45, 2.75) is 39.3 Å². The normalized spacial score (nSPS) is 22.3. The smallest absolute Gasteiger partial charge is 0.252 e. The number of nitrogens with zero attached hydrogens (tertiary/aromatic N) is 1. The summed E-state index contributed by atoms with van der Waals surface area (Å²) in [5.74, 6) is -0.719. The van der Waals surface area contributed by atoms with Crippen molar-refractivity contribution in [3.8, 4) is 0 Å². The molecule has 9 heteroatoms. The zero-order valence-corrected chi connectivity index (χ0v) is 20.5. The first-order valence-electron chi connectivity index (χ1n) is 12.2. The topological polar surface area (TPSA) is 109 Å². The van der Waals surface area contributed by atoms with Crippen molar-refractivity contribution in [2.24, 2.45) is 11.8 Å². The lowest BCUT2D eigenvalue weighted by molar-refractivity contribution is -0.137. The van der Waals surface area contributed by atoms with E-state index in [2.05, 4.69) is 20.9 Å². The maximum absolute atomic E-state index is 13.0. The van der Waals surface area contributed by atoms with Gasteiger partial charge in [0.1, 0.15) is 12.6 Å². The molecule has 2 heterocycles. The van der Waals surface area contributed by atoms with Crippen LogP contribution >= 0.6 is 0 Å². The number of rotatable bonds is 10. The monoisotopic (exact) mass is 474 g/mol. The average molecular weight is 475 g/mol. The van der Waals surface area contributed by atoms with Crippen LogP contribution in [0.25, 0.3) is 0 Å². The van der Waals surface area contributed by atoms with Crippen LogP contribution < -0.4 is 16.0 Å². The summed E-state index contributed by atoms with van der Waals surface area (Å²) in [5.41, 5.74) is 1.33. The largest absolute Gasteiger partial charge is 0.384 e. The van der Waals surface area contributed by atoms with Crippen LogP contribution in [0.2, 0.25) is 0 Å². The molecule has 1 unspecified atom stereocenters. The SMILES string of the molecule is CC(C)CC(NC(=O)c1cccc(NCCN2CCOCC2)c1)C(=O)N[C@@H]1C(=O)COC[C@H]1C. The molecule has 34 heavy (non-hydrogen) atoms. The summed E-state index contributed by atoms with van der Waals surface area (Å²) in [6.07, 6.45) is 0.473. The van der Waals surface area contributed by atoms with E-state index in [4.69, 9.17) is 9.47 Å². The van der Waals surface area contributed by atoms with Crippen LogP contribution in [0.5, 0.6) is 0 Å². The number of hydrogen-bond donors (Lipinski definition) is 3. The third-order valence-corrected chi connectivity index (χ3v) is 6.15. The Balaban J connectivity index is 1.58. The van der Waals surface area contributed by atoms with E-state index in [1.54, 1.807) is 12.1 Å². The number of ether oxygens (including phenoxy) is 2. The highest BCUT2D eigenvalue weighted by molar-refractivity contribution is 5.99. The quantitative estimate of drug-likeness (QED) is 0.469. The number of hydrogen-bond acceptors (Lipinski definition) is 7. The summed E-state index contributed by atoms with van der Waals surface area (Å²) < 4.78 is 10.6. The maximum Gasteiger partial charge on any atom is 0.252 e. The van der Waals surface area contributed by atoms with Crippen LogP contribution in [-0.4, -0.2) is 87.2 Å². The van der Waals surface area contributed by atoms with Crippen molar-refractivity contribution in [3.63, 3.8) is 0 Å². The van der Waals surface area contributed by atoms with Crippen molar-refractivity contribution >= 4 is 23.3 Å². The fraction of sp³-hybridized carbons (Fsp3) is 0.640. The number of ketones is 1. The molecule has 188 valence electrons. The van der Waals surface area contributed by atoms with E-state index in [0.29, 0.717) is 18.6 Å². The van der Waals surface area contributed by atoms with Gasteiger partial charge in [0, 0.05) is 43.3 Å². The van der Waals surface area contributed by atoms with Crippen LogP contribution in [0.15, 0.2) is 24.3 Å². The van der Waals surface area contributed by atoms with E-state index in [1.165, 1.54) is 0 Å². The molecule has 0 spiro atoms. The van der Waals surface area contributed by atoms with Crippen LogP contribution in [-0.2, 0) is 19.1 Å². The van der Waals surface area contributed by atoms with Crippen molar-refractivity contribution in [1.82, 2.24) is 15.5 Å². The standard InChI is InChI=1S/C25H38N4O5/c1-17(2)13-21(25(32)28-23-18(3)15-34-16-22(23)30)27-24(31)19-5-4-6-20(14-19)26-7-8-29-9-11-33-12-10-29/h4-6,14,17-18,21,23,26H,7-13,15-16H2,1-3H3,(H,27,31)(H,28,32)/t18-,21?,23+/m1/s1. The highest BCUT2D eigenvalue weighted by atomic mass is 16.5. The van der Waals surface area contributed by atoms with Gasteiger partial charge in [-0.25, -0.2) is 0 Å². The third-order valence-electron chi connectivity index (χ3n) is 6.15. The van der Waals surface area contributed by atoms with Gasteiger partial charge in [-0.05, 0) is 30.5 Å². The Bertz CT molecular complexity index is 840. The van der Waals surface area contributed by atoms with E-state index >= 15 is 0 Å². The number of carbonyl (C=O) groups is 3. The van der Waals surface area contributed by atoms with Gasteiger partial charge >= 0.3 is 0 Å². The van der Waals surface area contributed by atoms with Crippen molar-refractivity contribution in [1.29, 1.82) is 0 Å². The highest BCUT2D eigenvalue weighted by Gasteiger charge is 2.33. The van der Waals surface area contributed by atoms with E-state index in [1.807, 2.05) is 32.9 Å². The molecule has 0 radical (unpaired) electrons. The lowest BCUT2D eigenvalue weighted by Crippen LogP contribution is -2.56.